The summed E-state index contributed by atoms with van der Waals surface area (Å²) in [7, 11) is 3.15. The van der Waals surface area contributed by atoms with Gasteiger partial charge in [0.1, 0.15) is 18.1 Å². The molecule has 0 fully saturated rings. The summed E-state index contributed by atoms with van der Waals surface area (Å²) < 4.78 is 23.8. The zero-order valence-corrected chi connectivity index (χ0v) is 21.6. The molecule has 0 saturated carbocycles. The molecule has 5 aromatic rings. The molecule has 4 heterocycles. The van der Waals surface area contributed by atoms with Crippen LogP contribution in [0.5, 0.6) is 11.5 Å². The second kappa shape index (κ2) is 11.3. The summed E-state index contributed by atoms with van der Waals surface area (Å²) in [6, 6.07) is 12.8. The predicted molar refractivity (Wildman–Crippen MR) is 139 cm³/mol. The van der Waals surface area contributed by atoms with Crippen molar-refractivity contribution in [3.05, 3.63) is 88.3 Å². The van der Waals surface area contributed by atoms with Gasteiger partial charge in [-0.25, -0.2) is 4.68 Å². The first-order valence-corrected chi connectivity index (χ1v) is 12.4. The fourth-order valence-corrected chi connectivity index (χ4v) is 4.65. The van der Waals surface area contributed by atoms with Gasteiger partial charge in [-0.05, 0) is 53.2 Å². The molecule has 0 aliphatic rings. The number of aromatic amines is 1. The molecule has 11 heteroatoms. The number of nitrogens with one attached hydrogen (secondary N) is 1. The van der Waals surface area contributed by atoms with E-state index in [1.165, 1.54) is 0 Å². The van der Waals surface area contributed by atoms with Crippen LogP contribution in [0.15, 0.2) is 68.6 Å². The lowest BCUT2D eigenvalue weighted by atomic mass is 10.1. The quantitative estimate of drug-likeness (QED) is 0.257. The van der Waals surface area contributed by atoms with E-state index >= 15 is 0 Å². The average molecular weight is 519 g/mol. The predicted octanol–water partition coefficient (Wildman–Crippen LogP) is 4.31. The maximum atomic E-state index is 13.2. The summed E-state index contributed by atoms with van der Waals surface area (Å²) >= 11 is 0. The maximum absolute atomic E-state index is 13.2. The summed E-state index contributed by atoms with van der Waals surface area (Å²) in [5.74, 6) is 3.36. The molecule has 0 saturated heterocycles. The van der Waals surface area contributed by atoms with Crippen molar-refractivity contribution in [2.24, 2.45) is 0 Å². The minimum atomic E-state index is -0.185. The van der Waals surface area contributed by atoms with Crippen molar-refractivity contribution in [3.63, 3.8) is 0 Å². The van der Waals surface area contributed by atoms with Crippen LogP contribution in [-0.4, -0.2) is 44.3 Å². The van der Waals surface area contributed by atoms with E-state index < -0.39 is 0 Å². The van der Waals surface area contributed by atoms with Gasteiger partial charge in [-0.3, -0.25) is 9.69 Å². The lowest BCUT2D eigenvalue weighted by Crippen LogP contribution is -2.32. The number of ether oxygens (including phenoxy) is 2. The van der Waals surface area contributed by atoms with Gasteiger partial charge in [0.05, 0.1) is 44.8 Å². The van der Waals surface area contributed by atoms with Crippen LogP contribution in [0.3, 0.4) is 0 Å². The molecule has 11 nitrogen and oxygen atoms in total. The van der Waals surface area contributed by atoms with Crippen LogP contribution in [0.1, 0.15) is 48.7 Å². The van der Waals surface area contributed by atoms with Crippen LogP contribution >= 0.6 is 0 Å². The Bertz CT molecular complexity index is 1520. The molecule has 0 amide bonds. The van der Waals surface area contributed by atoms with E-state index in [0.717, 1.165) is 29.7 Å². The lowest BCUT2D eigenvalue weighted by Gasteiger charge is -2.30. The van der Waals surface area contributed by atoms with Gasteiger partial charge in [-0.1, -0.05) is 13.3 Å². The van der Waals surface area contributed by atoms with E-state index in [0.29, 0.717) is 48.0 Å². The minimum Gasteiger partial charge on any atom is -0.493 e. The van der Waals surface area contributed by atoms with Gasteiger partial charge in [0.15, 0.2) is 17.3 Å². The van der Waals surface area contributed by atoms with Crippen LogP contribution in [-0.2, 0) is 19.6 Å². The van der Waals surface area contributed by atoms with Gasteiger partial charge >= 0.3 is 0 Å². The maximum Gasteiger partial charge on any atom is 0.252 e. The molecule has 5 rings (SSSR count). The highest BCUT2D eigenvalue weighted by Gasteiger charge is 2.28. The molecule has 0 spiro atoms. The molecule has 0 aliphatic heterocycles. The zero-order chi connectivity index (χ0) is 26.5. The van der Waals surface area contributed by atoms with Gasteiger partial charge in [0, 0.05) is 23.6 Å². The summed E-state index contributed by atoms with van der Waals surface area (Å²) in [4.78, 5) is 18.4. The Kier molecular flexibility index (Phi) is 7.55. The van der Waals surface area contributed by atoms with Gasteiger partial charge in [-0.15, -0.1) is 5.10 Å². The Morgan fingerprint density at radius 1 is 1.03 bits per heavy atom. The summed E-state index contributed by atoms with van der Waals surface area (Å²) in [5, 5.41) is 13.4. The average Bonchev–Trinajstić information content (AvgIpc) is 3.71. The molecule has 198 valence electrons. The number of rotatable bonds is 12. The van der Waals surface area contributed by atoms with Crippen molar-refractivity contribution in [2.45, 2.75) is 45.4 Å². The van der Waals surface area contributed by atoms with E-state index in [2.05, 4.69) is 32.3 Å². The zero-order valence-electron chi connectivity index (χ0n) is 21.6. The molecule has 1 N–H and O–H groups in total. The number of tetrazole rings is 1. The molecule has 1 atom stereocenters. The van der Waals surface area contributed by atoms with Gasteiger partial charge < -0.3 is 23.3 Å². The third-order valence-corrected chi connectivity index (χ3v) is 6.48. The molecule has 0 aliphatic carbocycles. The number of fused-ring (bicyclic) bond motifs is 1. The Hall–Kier alpha value is -4.38. The minimum absolute atomic E-state index is 0.181. The largest absolute Gasteiger partial charge is 0.493 e. The third kappa shape index (κ3) is 5.32. The summed E-state index contributed by atoms with van der Waals surface area (Å²) in [6.45, 7) is 3.33. The number of methoxy groups -OCH3 is 2. The molecule has 4 aromatic heterocycles. The number of pyridine rings is 1. The van der Waals surface area contributed by atoms with E-state index in [9.17, 15) is 4.79 Å². The fraction of sp³-hybridized carbons (Fsp3) is 0.333. The standard InChI is InChI=1S/C27H30N6O5/c1-4-7-23(26-29-30-31-33(26)17-21-9-6-11-38-21)32(16-20-8-5-10-37-20)15-19-12-18-13-24(35-2)25(36-3)14-22(18)28-27(19)34/h5-6,8-14,23H,4,7,15-17H2,1-3H3,(H,28,34)/t23-/m1/s1. The van der Waals surface area contributed by atoms with Crippen molar-refractivity contribution in [3.8, 4) is 11.5 Å². The highest BCUT2D eigenvalue weighted by atomic mass is 16.5. The number of hydrogen-bond acceptors (Lipinski definition) is 9. The van der Waals surface area contributed by atoms with Crippen LogP contribution in [0, 0.1) is 0 Å². The first-order valence-electron chi connectivity index (χ1n) is 12.4. The van der Waals surface area contributed by atoms with Crippen molar-refractivity contribution in [1.82, 2.24) is 30.1 Å². The molecular formula is C27H30N6O5. The van der Waals surface area contributed by atoms with E-state index in [1.807, 2.05) is 36.4 Å². The van der Waals surface area contributed by atoms with Crippen LogP contribution in [0.2, 0.25) is 0 Å². The van der Waals surface area contributed by atoms with Gasteiger partial charge in [0.25, 0.3) is 5.56 Å². The molecule has 0 radical (unpaired) electrons. The van der Waals surface area contributed by atoms with Crippen LogP contribution in [0.4, 0.5) is 0 Å². The Labute approximate surface area is 219 Å². The van der Waals surface area contributed by atoms with E-state index in [4.69, 9.17) is 18.3 Å². The van der Waals surface area contributed by atoms with Crippen molar-refractivity contribution >= 4 is 10.9 Å². The normalized spacial score (nSPS) is 12.3. The Balaban J connectivity index is 1.53. The first kappa shape index (κ1) is 25.3. The number of hydrogen-bond donors (Lipinski definition) is 1. The second-order valence-corrected chi connectivity index (χ2v) is 8.98. The number of benzene rings is 1. The summed E-state index contributed by atoms with van der Waals surface area (Å²) in [6.07, 6.45) is 4.93. The highest BCUT2D eigenvalue weighted by molar-refractivity contribution is 5.83. The third-order valence-electron chi connectivity index (χ3n) is 6.48. The topological polar surface area (TPSA) is 124 Å². The number of furan rings is 2. The number of H-pyrrole nitrogens is 1. The lowest BCUT2D eigenvalue weighted by molar-refractivity contribution is 0.144. The van der Waals surface area contributed by atoms with Crippen molar-refractivity contribution in [2.75, 3.05) is 14.2 Å². The monoisotopic (exact) mass is 518 g/mol. The van der Waals surface area contributed by atoms with Gasteiger partial charge in [-0.2, -0.15) is 0 Å². The second-order valence-electron chi connectivity index (χ2n) is 8.98. The number of nitrogens with zero attached hydrogens (tertiary/aromatic N) is 5. The Morgan fingerprint density at radius 3 is 2.45 bits per heavy atom. The highest BCUT2D eigenvalue weighted by Crippen LogP contribution is 2.32. The SMILES string of the molecule is CCC[C@H](c1nnnn1Cc1ccco1)N(Cc1ccco1)Cc1cc2cc(OC)c(OC)cc2[nH]c1=O. The molecular weight excluding hydrogens is 488 g/mol. The van der Waals surface area contributed by atoms with Crippen molar-refractivity contribution in [1.29, 1.82) is 0 Å². The van der Waals surface area contributed by atoms with E-state index in [-0.39, 0.29) is 11.6 Å². The Morgan fingerprint density at radius 2 is 1.76 bits per heavy atom. The van der Waals surface area contributed by atoms with Crippen LogP contribution < -0.4 is 15.0 Å². The van der Waals surface area contributed by atoms with E-state index in [1.54, 1.807) is 37.5 Å². The number of aromatic nitrogens is 5. The smallest absolute Gasteiger partial charge is 0.252 e. The fourth-order valence-electron chi connectivity index (χ4n) is 4.65. The van der Waals surface area contributed by atoms with Crippen molar-refractivity contribution < 1.29 is 18.3 Å². The molecule has 0 bridgehead atoms. The molecule has 1 aromatic carbocycles. The first-order chi connectivity index (χ1) is 18.6. The molecule has 38 heavy (non-hydrogen) atoms. The van der Waals surface area contributed by atoms with Gasteiger partial charge in [0.2, 0.25) is 0 Å². The van der Waals surface area contributed by atoms with Crippen LogP contribution in [0.25, 0.3) is 10.9 Å². The summed E-state index contributed by atoms with van der Waals surface area (Å²) in [5.41, 5.74) is 1.09. The molecule has 0 unspecified atom stereocenters.